The lowest BCUT2D eigenvalue weighted by Gasteiger charge is -2.11. The third-order valence-electron chi connectivity index (χ3n) is 3.01. The molecule has 25 heavy (non-hydrogen) atoms. The van der Waals surface area contributed by atoms with Gasteiger partial charge < -0.3 is 4.74 Å². The first-order valence-electron chi connectivity index (χ1n) is 7.01. The lowest BCUT2D eigenvalue weighted by atomic mass is 10.2. The molecule has 0 bridgehead atoms. The number of aromatic nitrogens is 3. The zero-order valence-corrected chi connectivity index (χ0v) is 15.1. The molecule has 0 amide bonds. The number of carbonyl (C=O) groups is 1. The van der Waals surface area contributed by atoms with E-state index >= 15 is 0 Å². The van der Waals surface area contributed by atoms with E-state index in [-0.39, 0.29) is 27.5 Å². The van der Waals surface area contributed by atoms with Crippen LogP contribution in [0.4, 0.5) is 0 Å². The topological polar surface area (TPSA) is 107 Å². The number of benzene rings is 1. The number of hydrogen-bond acceptors (Lipinski definition) is 7. The zero-order chi connectivity index (χ0) is 18.7. The molecule has 130 valence electrons. The number of esters is 1. The first-order chi connectivity index (χ1) is 11.8. The van der Waals surface area contributed by atoms with Crippen LogP contribution in [0, 0.1) is 11.5 Å². The summed E-state index contributed by atoms with van der Waals surface area (Å²) in [6.45, 7) is 3.35. The van der Waals surface area contributed by atoms with Crippen molar-refractivity contribution in [1.82, 2.24) is 14.1 Å². The highest BCUT2D eigenvalue weighted by Gasteiger charge is 2.18. The average molecular weight is 381 g/mol. The molecular formula is C15H13ClN4O4S. The predicted molar refractivity (Wildman–Crippen MR) is 92.4 cm³/mol. The normalized spacial score (nSPS) is 10.6. The fraction of sp³-hybridized carbons (Fsp3) is 0.267. The van der Waals surface area contributed by atoms with Gasteiger partial charge in [0.05, 0.1) is 22.4 Å². The van der Waals surface area contributed by atoms with Crippen molar-refractivity contribution in [3.05, 3.63) is 49.8 Å². The SMILES string of the molecule is CSc1nc(=O)n(-c2ccc(Cl)c(C(=O)OC(C)C)c2)c(=O)n1C#N. The minimum Gasteiger partial charge on any atom is -0.459 e. The standard InChI is InChI=1S/C15H13ClN4O4S/c1-8(2)24-12(21)10-6-9(4-5-11(10)16)20-13(22)18-14(25-3)19(7-17)15(20)23/h4-6,8H,1-3H3. The van der Waals surface area contributed by atoms with Gasteiger partial charge in [0, 0.05) is 0 Å². The first kappa shape index (κ1) is 18.8. The highest BCUT2D eigenvalue weighted by atomic mass is 35.5. The molecule has 1 aromatic heterocycles. The van der Waals surface area contributed by atoms with Crippen molar-refractivity contribution in [2.45, 2.75) is 25.1 Å². The van der Waals surface area contributed by atoms with Crippen molar-refractivity contribution >= 4 is 29.3 Å². The van der Waals surface area contributed by atoms with E-state index in [0.717, 1.165) is 11.8 Å². The molecule has 0 aliphatic carbocycles. The van der Waals surface area contributed by atoms with Gasteiger partial charge in [-0.1, -0.05) is 23.4 Å². The highest BCUT2D eigenvalue weighted by molar-refractivity contribution is 7.98. The van der Waals surface area contributed by atoms with Crippen LogP contribution >= 0.6 is 23.4 Å². The molecule has 1 aromatic carbocycles. The summed E-state index contributed by atoms with van der Waals surface area (Å²) < 4.78 is 6.46. The van der Waals surface area contributed by atoms with E-state index in [1.54, 1.807) is 26.3 Å². The van der Waals surface area contributed by atoms with Crippen molar-refractivity contribution in [2.75, 3.05) is 6.26 Å². The van der Waals surface area contributed by atoms with Crippen LogP contribution < -0.4 is 11.4 Å². The number of nitriles is 1. The Kier molecular flexibility index (Phi) is 5.66. The molecule has 0 N–H and O–H groups in total. The van der Waals surface area contributed by atoms with Gasteiger partial charge in [-0.05, 0) is 38.3 Å². The third-order valence-corrected chi connectivity index (χ3v) is 3.98. The molecule has 0 fully saturated rings. The van der Waals surface area contributed by atoms with E-state index in [4.69, 9.17) is 21.6 Å². The van der Waals surface area contributed by atoms with Crippen LogP contribution in [0.2, 0.25) is 5.02 Å². The summed E-state index contributed by atoms with van der Waals surface area (Å²) in [5, 5.41) is 9.21. The van der Waals surface area contributed by atoms with Crippen molar-refractivity contribution in [1.29, 1.82) is 5.26 Å². The Morgan fingerprint density at radius 1 is 1.40 bits per heavy atom. The summed E-state index contributed by atoms with van der Waals surface area (Å²) in [6.07, 6.45) is 2.89. The monoisotopic (exact) mass is 380 g/mol. The fourth-order valence-electron chi connectivity index (χ4n) is 1.98. The van der Waals surface area contributed by atoms with Crippen LogP contribution in [0.3, 0.4) is 0 Å². The first-order valence-corrected chi connectivity index (χ1v) is 8.61. The second-order valence-corrected chi connectivity index (χ2v) is 6.23. The second kappa shape index (κ2) is 7.55. The molecule has 0 unspecified atom stereocenters. The van der Waals surface area contributed by atoms with Gasteiger partial charge in [-0.3, -0.25) is 0 Å². The number of ether oxygens (including phenoxy) is 1. The van der Waals surface area contributed by atoms with Gasteiger partial charge in [0.1, 0.15) is 0 Å². The van der Waals surface area contributed by atoms with Crippen LogP contribution in [-0.4, -0.2) is 32.4 Å². The Morgan fingerprint density at radius 2 is 2.08 bits per heavy atom. The molecule has 2 rings (SSSR count). The summed E-state index contributed by atoms with van der Waals surface area (Å²) in [7, 11) is 0. The minimum absolute atomic E-state index is 0.00313. The van der Waals surface area contributed by atoms with E-state index in [2.05, 4.69) is 4.98 Å². The van der Waals surface area contributed by atoms with E-state index < -0.39 is 17.3 Å². The van der Waals surface area contributed by atoms with Crippen molar-refractivity contribution in [3.8, 4) is 11.9 Å². The van der Waals surface area contributed by atoms with Gasteiger partial charge in [-0.15, -0.1) is 0 Å². The Hall–Kier alpha value is -2.57. The Bertz CT molecular complexity index is 990. The Morgan fingerprint density at radius 3 is 2.64 bits per heavy atom. The summed E-state index contributed by atoms with van der Waals surface area (Å²) in [6, 6.07) is 3.98. The summed E-state index contributed by atoms with van der Waals surface area (Å²) in [5.74, 6) is -0.691. The summed E-state index contributed by atoms with van der Waals surface area (Å²) in [5.41, 5.74) is -1.71. The van der Waals surface area contributed by atoms with Crippen molar-refractivity contribution < 1.29 is 9.53 Å². The highest BCUT2D eigenvalue weighted by Crippen LogP contribution is 2.20. The van der Waals surface area contributed by atoms with Crippen molar-refractivity contribution in [2.24, 2.45) is 0 Å². The van der Waals surface area contributed by atoms with Gasteiger partial charge in [-0.25, -0.2) is 19.0 Å². The molecule has 0 spiro atoms. The maximum absolute atomic E-state index is 12.4. The summed E-state index contributed by atoms with van der Waals surface area (Å²) >= 11 is 7.00. The van der Waals surface area contributed by atoms with E-state index in [0.29, 0.717) is 9.13 Å². The molecular weight excluding hydrogens is 368 g/mol. The maximum Gasteiger partial charge on any atom is 0.358 e. The molecule has 0 aliphatic heterocycles. The van der Waals surface area contributed by atoms with Gasteiger partial charge >= 0.3 is 17.3 Å². The molecule has 8 nitrogen and oxygen atoms in total. The largest absolute Gasteiger partial charge is 0.459 e. The second-order valence-electron chi connectivity index (χ2n) is 5.05. The Balaban J connectivity index is 2.69. The van der Waals surface area contributed by atoms with Gasteiger partial charge in [-0.2, -0.15) is 14.8 Å². The molecule has 0 atom stereocenters. The van der Waals surface area contributed by atoms with Crippen LogP contribution in [0.15, 0.2) is 32.9 Å². The molecule has 1 heterocycles. The van der Waals surface area contributed by atoms with Gasteiger partial charge in [0.2, 0.25) is 0 Å². The average Bonchev–Trinajstić information content (AvgIpc) is 2.54. The molecule has 10 heteroatoms. The number of nitrogens with zero attached hydrogens (tertiary/aromatic N) is 4. The maximum atomic E-state index is 12.4. The van der Waals surface area contributed by atoms with Crippen LogP contribution in [-0.2, 0) is 4.74 Å². The Labute approximate surface area is 151 Å². The minimum atomic E-state index is -0.891. The number of hydrogen-bond donors (Lipinski definition) is 0. The number of rotatable bonds is 4. The fourth-order valence-corrected chi connectivity index (χ4v) is 2.64. The zero-order valence-electron chi connectivity index (χ0n) is 13.5. The molecule has 0 aliphatic rings. The van der Waals surface area contributed by atoms with Crippen LogP contribution in [0.25, 0.3) is 5.69 Å². The smallest absolute Gasteiger partial charge is 0.358 e. The number of thioether (sulfide) groups is 1. The molecule has 0 radical (unpaired) electrons. The van der Waals surface area contributed by atoms with Gasteiger partial charge in [0.25, 0.3) is 0 Å². The van der Waals surface area contributed by atoms with Crippen LogP contribution in [0.1, 0.15) is 24.2 Å². The van der Waals surface area contributed by atoms with E-state index in [9.17, 15) is 14.4 Å². The number of carbonyl (C=O) groups excluding carboxylic acids is 1. The predicted octanol–water partition coefficient (Wildman–Crippen LogP) is 1.66. The molecule has 0 saturated heterocycles. The van der Waals surface area contributed by atoms with Crippen molar-refractivity contribution in [3.63, 3.8) is 0 Å². The van der Waals surface area contributed by atoms with E-state index in [1.165, 1.54) is 18.2 Å². The van der Waals surface area contributed by atoms with Crippen LogP contribution in [0.5, 0.6) is 0 Å². The number of halogens is 1. The molecule has 0 saturated carbocycles. The molecule has 2 aromatic rings. The lowest BCUT2D eigenvalue weighted by Crippen LogP contribution is -2.40. The lowest BCUT2D eigenvalue weighted by molar-refractivity contribution is 0.0378. The quantitative estimate of drug-likeness (QED) is 0.586. The van der Waals surface area contributed by atoms with Gasteiger partial charge in [0.15, 0.2) is 11.3 Å². The summed E-state index contributed by atoms with van der Waals surface area (Å²) in [4.78, 5) is 40.5. The third kappa shape index (κ3) is 3.75. The van der Waals surface area contributed by atoms with E-state index in [1.807, 2.05) is 0 Å².